The number of halogens is 1. The first-order chi connectivity index (χ1) is 8.58. The van der Waals surface area contributed by atoms with Crippen LogP contribution < -0.4 is 11.2 Å². The number of nitrogens with one attached hydrogen (secondary N) is 1. The number of nitrogen functional groups attached to an aromatic ring is 1. The molecule has 1 fully saturated rings. The summed E-state index contributed by atoms with van der Waals surface area (Å²) in [6, 6.07) is 2.20. The number of benzene rings is 1. The average molecular weight is 255 g/mol. The number of nitrogens with zero attached hydrogens (tertiary/aromatic N) is 1. The van der Waals surface area contributed by atoms with Gasteiger partial charge in [-0.05, 0) is 12.1 Å². The first-order valence-corrected chi connectivity index (χ1v) is 5.49. The smallest absolute Gasteiger partial charge is 0.337 e. The molecule has 0 aliphatic carbocycles. The van der Waals surface area contributed by atoms with Crippen molar-refractivity contribution >= 4 is 17.3 Å². The van der Waals surface area contributed by atoms with Crippen LogP contribution in [0.3, 0.4) is 0 Å². The van der Waals surface area contributed by atoms with Gasteiger partial charge in [-0.25, -0.2) is 14.2 Å². The summed E-state index contributed by atoms with van der Waals surface area (Å²) in [6.45, 7) is 2.31. The number of hydrazine groups is 1. The number of rotatable bonds is 3. The Morgan fingerprint density at radius 2 is 2.11 bits per heavy atom. The van der Waals surface area contributed by atoms with Crippen LogP contribution >= 0.6 is 0 Å². The molecule has 1 aliphatic rings. The van der Waals surface area contributed by atoms with Crippen molar-refractivity contribution in [3.05, 3.63) is 23.5 Å². The molecule has 0 atom stereocenters. The SMILES string of the molecule is Nc1cc(F)c(NN2CCOCC2)cc1C(=O)O. The van der Waals surface area contributed by atoms with E-state index in [2.05, 4.69) is 5.43 Å². The Morgan fingerprint density at radius 3 is 2.72 bits per heavy atom. The van der Waals surface area contributed by atoms with Crippen LogP contribution in [0.15, 0.2) is 12.1 Å². The topological polar surface area (TPSA) is 87.8 Å². The fourth-order valence-corrected chi connectivity index (χ4v) is 1.71. The maximum atomic E-state index is 13.7. The van der Waals surface area contributed by atoms with E-state index < -0.39 is 11.8 Å². The van der Waals surface area contributed by atoms with Crippen molar-refractivity contribution in [3.8, 4) is 0 Å². The first kappa shape index (κ1) is 12.6. The molecule has 0 amide bonds. The molecule has 4 N–H and O–H groups in total. The van der Waals surface area contributed by atoms with Crippen molar-refractivity contribution < 1.29 is 19.0 Å². The van der Waals surface area contributed by atoms with Crippen LogP contribution in [0.1, 0.15) is 10.4 Å². The van der Waals surface area contributed by atoms with Gasteiger partial charge in [0.1, 0.15) is 5.82 Å². The zero-order valence-corrected chi connectivity index (χ0v) is 9.65. The molecule has 0 aromatic heterocycles. The first-order valence-electron chi connectivity index (χ1n) is 5.49. The molecule has 1 aromatic carbocycles. The number of anilines is 2. The predicted octanol–water partition coefficient (Wildman–Crippen LogP) is 0.765. The third kappa shape index (κ3) is 2.69. The molecule has 0 bridgehead atoms. The van der Waals surface area contributed by atoms with E-state index >= 15 is 0 Å². The van der Waals surface area contributed by atoms with E-state index in [0.717, 1.165) is 6.07 Å². The average Bonchev–Trinajstić information content (AvgIpc) is 2.33. The highest BCUT2D eigenvalue weighted by Gasteiger charge is 2.16. The van der Waals surface area contributed by atoms with Gasteiger partial charge in [-0.15, -0.1) is 0 Å². The maximum Gasteiger partial charge on any atom is 0.337 e. The van der Waals surface area contributed by atoms with Gasteiger partial charge in [0.15, 0.2) is 0 Å². The molecular weight excluding hydrogens is 241 g/mol. The molecule has 0 spiro atoms. The Balaban J connectivity index is 2.21. The number of hydrogen-bond donors (Lipinski definition) is 3. The number of aromatic carboxylic acids is 1. The minimum Gasteiger partial charge on any atom is -0.478 e. The Morgan fingerprint density at radius 1 is 1.44 bits per heavy atom. The lowest BCUT2D eigenvalue weighted by Crippen LogP contribution is -2.40. The van der Waals surface area contributed by atoms with Gasteiger partial charge in [0.05, 0.1) is 24.5 Å². The molecule has 1 saturated heterocycles. The molecule has 1 aliphatic heterocycles. The fraction of sp³-hybridized carbons (Fsp3) is 0.364. The van der Waals surface area contributed by atoms with Crippen LogP contribution in [0.5, 0.6) is 0 Å². The molecule has 0 radical (unpaired) electrons. The Hall–Kier alpha value is -1.86. The monoisotopic (exact) mass is 255 g/mol. The number of carboxylic acids is 1. The van der Waals surface area contributed by atoms with Crippen LogP contribution in [0.4, 0.5) is 15.8 Å². The predicted molar refractivity (Wildman–Crippen MR) is 63.8 cm³/mol. The van der Waals surface area contributed by atoms with E-state index in [1.54, 1.807) is 5.01 Å². The van der Waals surface area contributed by atoms with Gasteiger partial charge in [0.25, 0.3) is 0 Å². The lowest BCUT2D eigenvalue weighted by molar-refractivity contribution is 0.0495. The third-order valence-electron chi connectivity index (χ3n) is 2.66. The summed E-state index contributed by atoms with van der Waals surface area (Å²) in [7, 11) is 0. The van der Waals surface area contributed by atoms with Crippen molar-refractivity contribution in [2.45, 2.75) is 0 Å². The van der Waals surface area contributed by atoms with Gasteiger partial charge < -0.3 is 21.0 Å². The number of ether oxygens (including phenoxy) is 1. The second-order valence-corrected chi connectivity index (χ2v) is 3.94. The quantitative estimate of drug-likeness (QED) is 0.691. The van der Waals surface area contributed by atoms with Crippen molar-refractivity contribution in [1.82, 2.24) is 5.01 Å². The number of carboxylic acid groups (broad SMARTS) is 1. The van der Waals surface area contributed by atoms with Gasteiger partial charge in [0.2, 0.25) is 0 Å². The van der Waals surface area contributed by atoms with Crippen molar-refractivity contribution in [3.63, 3.8) is 0 Å². The van der Waals surface area contributed by atoms with Crippen LogP contribution in [0.2, 0.25) is 0 Å². The zero-order valence-electron chi connectivity index (χ0n) is 9.65. The van der Waals surface area contributed by atoms with Gasteiger partial charge in [0, 0.05) is 18.8 Å². The van der Waals surface area contributed by atoms with Gasteiger partial charge in [-0.3, -0.25) is 0 Å². The molecular formula is C11H14FN3O3. The second-order valence-electron chi connectivity index (χ2n) is 3.94. The highest BCUT2D eigenvalue weighted by atomic mass is 19.1. The third-order valence-corrected chi connectivity index (χ3v) is 2.66. The summed E-state index contributed by atoms with van der Waals surface area (Å²) >= 11 is 0. The summed E-state index contributed by atoms with van der Waals surface area (Å²) < 4.78 is 18.8. The summed E-state index contributed by atoms with van der Waals surface area (Å²) in [4.78, 5) is 10.9. The van der Waals surface area contributed by atoms with Crippen LogP contribution in [-0.4, -0.2) is 42.4 Å². The van der Waals surface area contributed by atoms with E-state index in [4.69, 9.17) is 15.6 Å². The number of hydrogen-bond acceptors (Lipinski definition) is 5. The van der Waals surface area contributed by atoms with Crippen LogP contribution in [0.25, 0.3) is 0 Å². The Bertz CT molecular complexity index is 461. The van der Waals surface area contributed by atoms with E-state index in [0.29, 0.717) is 26.3 Å². The number of morpholine rings is 1. The number of carbonyl (C=O) groups is 1. The molecule has 0 saturated carbocycles. The normalized spacial score (nSPS) is 16.5. The van der Waals surface area contributed by atoms with Crippen LogP contribution in [-0.2, 0) is 4.74 Å². The van der Waals surface area contributed by atoms with E-state index in [-0.39, 0.29) is 16.9 Å². The molecule has 1 aromatic rings. The highest BCUT2D eigenvalue weighted by molar-refractivity contribution is 5.94. The van der Waals surface area contributed by atoms with Gasteiger partial charge in [-0.2, -0.15) is 0 Å². The summed E-state index contributed by atoms with van der Waals surface area (Å²) in [5, 5.41) is 10.7. The largest absolute Gasteiger partial charge is 0.478 e. The Kier molecular flexibility index (Phi) is 3.63. The van der Waals surface area contributed by atoms with Crippen molar-refractivity contribution in [2.75, 3.05) is 37.5 Å². The molecule has 2 rings (SSSR count). The number of nitrogens with two attached hydrogens (primary N) is 1. The van der Waals surface area contributed by atoms with E-state index in [1.807, 2.05) is 0 Å². The minimum atomic E-state index is -1.18. The van der Waals surface area contributed by atoms with E-state index in [9.17, 15) is 9.18 Å². The maximum absolute atomic E-state index is 13.7. The second kappa shape index (κ2) is 5.19. The Labute approximate surface area is 103 Å². The molecule has 1 heterocycles. The molecule has 7 heteroatoms. The molecule has 18 heavy (non-hydrogen) atoms. The summed E-state index contributed by atoms with van der Waals surface area (Å²) in [5.41, 5.74) is 8.17. The lowest BCUT2D eigenvalue weighted by atomic mass is 10.1. The zero-order chi connectivity index (χ0) is 13.1. The molecule has 98 valence electrons. The van der Waals surface area contributed by atoms with Crippen molar-refractivity contribution in [2.24, 2.45) is 0 Å². The fourth-order valence-electron chi connectivity index (χ4n) is 1.71. The lowest BCUT2D eigenvalue weighted by Gasteiger charge is -2.28. The van der Waals surface area contributed by atoms with Gasteiger partial charge in [-0.1, -0.05) is 0 Å². The summed E-state index contributed by atoms with van der Waals surface area (Å²) in [5.74, 6) is -1.76. The highest BCUT2D eigenvalue weighted by Crippen LogP contribution is 2.22. The van der Waals surface area contributed by atoms with Crippen molar-refractivity contribution in [1.29, 1.82) is 0 Å². The molecule has 6 nitrogen and oxygen atoms in total. The van der Waals surface area contributed by atoms with Crippen LogP contribution in [0, 0.1) is 5.82 Å². The van der Waals surface area contributed by atoms with Gasteiger partial charge >= 0.3 is 5.97 Å². The van der Waals surface area contributed by atoms with E-state index in [1.165, 1.54) is 6.07 Å². The minimum absolute atomic E-state index is 0.0903. The molecule has 0 unspecified atom stereocenters. The standard InChI is InChI=1S/C11H14FN3O3/c12-8-6-9(13)7(11(16)17)5-10(8)14-15-1-3-18-4-2-15/h5-6,14H,1-4,13H2,(H,16,17). The summed E-state index contributed by atoms with van der Waals surface area (Å²) in [6.07, 6.45) is 0.